The highest BCUT2D eigenvalue weighted by atomic mass is 19.1. The number of nitrogens with one attached hydrogen (secondary N) is 1. The molecule has 4 aromatic carbocycles. The van der Waals surface area contributed by atoms with Crippen molar-refractivity contribution in [1.29, 1.82) is 0 Å². The van der Waals surface area contributed by atoms with E-state index in [0.29, 0.717) is 11.5 Å². The smallest absolute Gasteiger partial charge is 0.262 e. The van der Waals surface area contributed by atoms with Gasteiger partial charge >= 0.3 is 0 Å². The number of anilines is 1. The minimum Gasteiger partial charge on any atom is -0.508 e. The van der Waals surface area contributed by atoms with Gasteiger partial charge in [0.05, 0.1) is 11.1 Å². The van der Waals surface area contributed by atoms with Gasteiger partial charge in [0.1, 0.15) is 17.6 Å². The highest BCUT2D eigenvalue weighted by molar-refractivity contribution is 6.23. The van der Waals surface area contributed by atoms with Crippen molar-refractivity contribution in [2.45, 2.75) is 63.8 Å². The first kappa shape index (κ1) is 37.3. The number of likely N-dealkylation sites (tertiary alicyclic amines) is 1. The highest BCUT2D eigenvalue weighted by Gasteiger charge is 2.45. The number of allylic oxidation sites excluding steroid dienone is 1. The molecule has 4 heterocycles. The third-order valence-corrected chi connectivity index (χ3v) is 12.2. The van der Waals surface area contributed by atoms with Crippen LogP contribution in [-0.4, -0.2) is 77.3 Å². The Bertz CT molecular complexity index is 2170. The number of hydrogen-bond donors (Lipinski definition) is 2. The number of rotatable bonds is 9. The molecule has 0 aromatic heterocycles. The number of phenolic OH excluding ortho intramolecular Hbond substituents is 1. The summed E-state index contributed by atoms with van der Waals surface area (Å²) >= 11 is 0. The zero-order valence-electron chi connectivity index (χ0n) is 31.7. The van der Waals surface area contributed by atoms with Gasteiger partial charge in [0.15, 0.2) is 0 Å². The van der Waals surface area contributed by atoms with Crippen LogP contribution in [0.1, 0.15) is 101 Å². The van der Waals surface area contributed by atoms with Crippen LogP contribution in [0.5, 0.6) is 5.75 Å². The molecule has 0 spiro atoms. The quantitative estimate of drug-likeness (QED) is 0.135. The lowest BCUT2D eigenvalue weighted by Crippen LogP contribution is -2.54. The van der Waals surface area contributed by atoms with Crippen molar-refractivity contribution in [1.82, 2.24) is 15.1 Å². The van der Waals surface area contributed by atoms with Crippen molar-refractivity contribution in [2.75, 3.05) is 37.6 Å². The van der Waals surface area contributed by atoms with E-state index in [1.807, 2.05) is 18.2 Å². The van der Waals surface area contributed by atoms with Crippen LogP contribution in [0.15, 0.2) is 91.0 Å². The molecule has 0 radical (unpaired) electrons. The number of carbonyl (C=O) groups excluding carboxylic acids is 4. The fourth-order valence-electron chi connectivity index (χ4n) is 9.13. The van der Waals surface area contributed by atoms with Gasteiger partial charge in [-0.2, -0.15) is 0 Å². The molecule has 3 fully saturated rings. The molecule has 1 atom stereocenters. The largest absolute Gasteiger partial charge is 0.508 e. The van der Waals surface area contributed by atoms with Crippen LogP contribution in [0.25, 0.3) is 11.1 Å². The van der Waals surface area contributed by atoms with Crippen molar-refractivity contribution in [3.63, 3.8) is 0 Å². The minimum atomic E-state index is -1.07. The van der Waals surface area contributed by atoms with Gasteiger partial charge in [-0.1, -0.05) is 61.5 Å². The number of piperidine rings is 3. The van der Waals surface area contributed by atoms with Crippen LogP contribution in [0.2, 0.25) is 0 Å². The van der Waals surface area contributed by atoms with Gasteiger partial charge in [0.25, 0.3) is 11.8 Å². The van der Waals surface area contributed by atoms with Crippen molar-refractivity contribution >= 4 is 40.5 Å². The summed E-state index contributed by atoms with van der Waals surface area (Å²) < 4.78 is 15.5. The molecule has 4 amide bonds. The number of halogens is 1. The number of amides is 4. The third kappa shape index (κ3) is 7.38. The van der Waals surface area contributed by atoms with Crippen LogP contribution >= 0.6 is 0 Å². The second-order valence-electron chi connectivity index (χ2n) is 15.5. The molecule has 9 nitrogen and oxygen atoms in total. The Hall–Kier alpha value is -5.61. The predicted molar refractivity (Wildman–Crippen MR) is 214 cm³/mol. The van der Waals surface area contributed by atoms with E-state index in [2.05, 4.69) is 70.6 Å². The highest BCUT2D eigenvalue weighted by Crippen LogP contribution is 2.38. The molecule has 0 bridgehead atoms. The van der Waals surface area contributed by atoms with Crippen LogP contribution in [0, 0.1) is 11.7 Å². The Labute approximate surface area is 326 Å². The first-order valence-electron chi connectivity index (χ1n) is 19.9. The number of imide groups is 2. The van der Waals surface area contributed by atoms with E-state index in [4.69, 9.17) is 0 Å². The summed E-state index contributed by atoms with van der Waals surface area (Å²) in [4.78, 5) is 56.4. The van der Waals surface area contributed by atoms with Crippen LogP contribution in [-0.2, 0) is 9.59 Å². The Morgan fingerprint density at radius 1 is 0.750 bits per heavy atom. The molecular formula is C46H47FN4O5. The van der Waals surface area contributed by atoms with E-state index < -0.39 is 35.5 Å². The lowest BCUT2D eigenvalue weighted by Gasteiger charge is -2.38. The maximum absolute atomic E-state index is 15.5. The predicted octanol–water partition coefficient (Wildman–Crippen LogP) is 7.40. The van der Waals surface area contributed by atoms with E-state index in [1.54, 1.807) is 12.1 Å². The number of benzene rings is 4. The Morgan fingerprint density at radius 2 is 1.38 bits per heavy atom. The van der Waals surface area contributed by atoms with Gasteiger partial charge in [-0.15, -0.1) is 0 Å². The van der Waals surface area contributed by atoms with Crippen LogP contribution in [0.4, 0.5) is 10.1 Å². The number of carbonyl (C=O) groups is 4. The van der Waals surface area contributed by atoms with Gasteiger partial charge in [-0.3, -0.25) is 29.4 Å². The molecular weight excluding hydrogens is 708 g/mol. The van der Waals surface area contributed by atoms with Crippen molar-refractivity contribution in [2.24, 2.45) is 5.92 Å². The topological polar surface area (TPSA) is 110 Å². The van der Waals surface area contributed by atoms with Gasteiger partial charge in [-0.25, -0.2) is 4.39 Å². The lowest BCUT2D eigenvalue weighted by atomic mass is 9.86. The molecule has 288 valence electrons. The molecule has 56 heavy (non-hydrogen) atoms. The molecule has 0 saturated carbocycles. The SMILES string of the molecule is CCC(=C(c1ccc(O)cc1)c1ccc(N2CCC(CN3CCC(c4cc5c(cc4F)C(=O)N(C4CCC(=O)NC4=O)C5=O)CC3)CC2)cc1)c1ccccc1. The second kappa shape index (κ2) is 15.9. The first-order valence-corrected chi connectivity index (χ1v) is 19.9. The average molecular weight is 755 g/mol. The molecule has 4 aliphatic heterocycles. The molecule has 3 saturated heterocycles. The van der Waals surface area contributed by atoms with Crippen molar-refractivity contribution in [3.05, 3.63) is 130 Å². The summed E-state index contributed by atoms with van der Waals surface area (Å²) in [7, 11) is 0. The Morgan fingerprint density at radius 3 is 2.00 bits per heavy atom. The van der Waals surface area contributed by atoms with E-state index in [9.17, 15) is 24.3 Å². The lowest BCUT2D eigenvalue weighted by molar-refractivity contribution is -0.136. The van der Waals surface area contributed by atoms with E-state index in [0.717, 1.165) is 86.9 Å². The van der Waals surface area contributed by atoms with Crippen molar-refractivity contribution in [3.8, 4) is 5.75 Å². The summed E-state index contributed by atoms with van der Waals surface area (Å²) in [5, 5.41) is 12.2. The molecule has 0 aliphatic carbocycles. The molecule has 10 heteroatoms. The zero-order chi connectivity index (χ0) is 38.9. The molecule has 1 unspecified atom stereocenters. The Balaban J connectivity index is 0.871. The molecule has 8 rings (SSSR count). The monoisotopic (exact) mass is 754 g/mol. The molecule has 4 aromatic rings. The second-order valence-corrected chi connectivity index (χ2v) is 15.5. The number of phenols is 1. The summed E-state index contributed by atoms with van der Waals surface area (Å²) in [5.74, 6) is -2.15. The van der Waals surface area contributed by atoms with Crippen molar-refractivity contribution < 1.29 is 28.7 Å². The fourth-order valence-corrected chi connectivity index (χ4v) is 9.13. The van der Waals surface area contributed by atoms with E-state index in [1.165, 1.54) is 28.5 Å². The van der Waals surface area contributed by atoms with Gasteiger partial charge < -0.3 is 14.9 Å². The van der Waals surface area contributed by atoms with Crippen LogP contribution < -0.4 is 10.2 Å². The number of hydrogen-bond acceptors (Lipinski definition) is 7. The Kier molecular flexibility index (Phi) is 10.6. The third-order valence-electron chi connectivity index (χ3n) is 12.2. The number of aromatic hydroxyl groups is 1. The summed E-state index contributed by atoms with van der Waals surface area (Å²) in [6.07, 6.45) is 4.66. The summed E-state index contributed by atoms with van der Waals surface area (Å²) in [5.41, 5.74) is 7.62. The van der Waals surface area contributed by atoms with Crippen LogP contribution in [0.3, 0.4) is 0 Å². The maximum Gasteiger partial charge on any atom is 0.262 e. The first-order chi connectivity index (χ1) is 27.2. The van der Waals surface area contributed by atoms with Gasteiger partial charge in [0.2, 0.25) is 11.8 Å². The number of fused-ring (bicyclic) bond motifs is 1. The zero-order valence-corrected chi connectivity index (χ0v) is 31.7. The number of nitrogens with zero attached hydrogens (tertiary/aromatic N) is 3. The van der Waals surface area contributed by atoms with E-state index in [-0.39, 0.29) is 35.6 Å². The average Bonchev–Trinajstić information content (AvgIpc) is 3.45. The standard InChI is InChI=1S/C46H47FN4O5/c1-2-36(30-6-4-3-5-7-30)43(33-10-14-35(52)15-11-33)32-8-12-34(13-9-32)50-24-18-29(19-25-50)28-49-22-20-31(21-23-49)37-26-38-39(27-40(37)47)46(56)51(45(38)55)41-16-17-42(53)48-44(41)54/h3-15,26-27,29,31,41,52H,2,16-25,28H2,1H3,(H,48,53,54). The fraction of sp³-hybridized carbons (Fsp3) is 0.348. The summed E-state index contributed by atoms with van der Waals surface area (Å²) in [6.45, 7) is 6.81. The molecule has 2 N–H and O–H groups in total. The minimum absolute atomic E-state index is 0.0231. The molecule has 4 aliphatic rings. The normalized spacial score (nSPS) is 20.3. The van der Waals surface area contributed by atoms with E-state index >= 15 is 4.39 Å². The maximum atomic E-state index is 15.5. The van der Waals surface area contributed by atoms with Gasteiger partial charge in [0, 0.05) is 31.7 Å². The van der Waals surface area contributed by atoms with Gasteiger partial charge in [-0.05, 0) is 133 Å². The summed E-state index contributed by atoms with van der Waals surface area (Å²) in [6, 6.07) is 28.5.